The molecule has 104 valence electrons. The molecule has 0 bridgehead atoms. The number of rotatable bonds is 2. The molecule has 0 atom stereocenters. The van der Waals surface area contributed by atoms with E-state index in [1.54, 1.807) is 18.2 Å². The summed E-state index contributed by atoms with van der Waals surface area (Å²) in [6.07, 6.45) is 4.87. The third kappa shape index (κ3) is 4.51. The van der Waals surface area contributed by atoms with Crippen molar-refractivity contribution in [1.29, 1.82) is 0 Å². The van der Waals surface area contributed by atoms with Crippen molar-refractivity contribution in [3.05, 3.63) is 28.2 Å². The van der Waals surface area contributed by atoms with Gasteiger partial charge in [0.1, 0.15) is 0 Å². The van der Waals surface area contributed by atoms with Crippen LogP contribution in [0.2, 0.25) is 10.0 Å². The van der Waals surface area contributed by atoms with Gasteiger partial charge in [0.15, 0.2) is 5.11 Å². The van der Waals surface area contributed by atoms with Crippen molar-refractivity contribution in [2.75, 3.05) is 5.32 Å². The smallest absolute Gasteiger partial charge is 0.171 e. The highest BCUT2D eigenvalue weighted by molar-refractivity contribution is 7.80. The molecule has 19 heavy (non-hydrogen) atoms. The maximum absolute atomic E-state index is 6.09. The van der Waals surface area contributed by atoms with Crippen LogP contribution in [0.15, 0.2) is 18.2 Å². The number of nitrogens with one attached hydrogen (secondary N) is 2. The maximum atomic E-state index is 6.09. The third-order valence-corrected chi connectivity index (χ3v) is 4.31. The van der Waals surface area contributed by atoms with Gasteiger partial charge >= 0.3 is 0 Å². The highest BCUT2D eigenvalue weighted by Gasteiger charge is 2.18. The monoisotopic (exact) mass is 316 g/mol. The fourth-order valence-corrected chi connectivity index (χ4v) is 2.96. The molecule has 1 aromatic carbocycles. The standard InChI is InChI=1S/C14H18Cl2N2S/c1-9-2-5-11(6-3-9)17-14(19)18-13-8-10(15)4-7-12(13)16/h4,7-9,11H,2-3,5-6H2,1H3,(H2,17,18,19). The summed E-state index contributed by atoms with van der Waals surface area (Å²) < 4.78 is 0. The van der Waals surface area contributed by atoms with Crippen LogP contribution in [0.4, 0.5) is 5.69 Å². The first-order valence-electron chi connectivity index (χ1n) is 6.57. The summed E-state index contributed by atoms with van der Waals surface area (Å²) in [6.45, 7) is 2.30. The molecule has 1 aliphatic carbocycles. The van der Waals surface area contributed by atoms with Crippen molar-refractivity contribution in [1.82, 2.24) is 5.32 Å². The quantitative estimate of drug-likeness (QED) is 0.762. The van der Waals surface area contributed by atoms with Crippen LogP contribution in [0.5, 0.6) is 0 Å². The molecule has 0 amide bonds. The zero-order valence-corrected chi connectivity index (χ0v) is 13.2. The second-order valence-electron chi connectivity index (χ2n) is 5.18. The number of thiocarbonyl (C=S) groups is 1. The van der Waals surface area contributed by atoms with Gasteiger partial charge in [-0.3, -0.25) is 0 Å². The van der Waals surface area contributed by atoms with Crippen LogP contribution >= 0.6 is 35.4 Å². The number of anilines is 1. The van der Waals surface area contributed by atoms with Crippen LogP contribution in [0.3, 0.4) is 0 Å². The van der Waals surface area contributed by atoms with Gasteiger partial charge in [-0.05, 0) is 62.0 Å². The minimum atomic E-state index is 0.467. The van der Waals surface area contributed by atoms with E-state index in [2.05, 4.69) is 17.6 Å². The average Bonchev–Trinajstić information content (AvgIpc) is 2.37. The molecule has 2 N–H and O–H groups in total. The van der Waals surface area contributed by atoms with Crippen LogP contribution in [-0.4, -0.2) is 11.2 Å². The van der Waals surface area contributed by atoms with E-state index in [9.17, 15) is 0 Å². The molecule has 0 heterocycles. The predicted octanol–water partition coefficient (Wildman–Crippen LogP) is 4.86. The Morgan fingerprint density at radius 1 is 1.21 bits per heavy atom. The topological polar surface area (TPSA) is 24.1 Å². The molecular weight excluding hydrogens is 299 g/mol. The fraction of sp³-hybridized carbons (Fsp3) is 0.500. The molecule has 5 heteroatoms. The predicted molar refractivity (Wildman–Crippen MR) is 87.2 cm³/mol. The Balaban J connectivity index is 1.89. The Hall–Kier alpha value is -0.510. The highest BCUT2D eigenvalue weighted by atomic mass is 35.5. The van der Waals surface area contributed by atoms with Crippen molar-refractivity contribution in [2.24, 2.45) is 5.92 Å². The lowest BCUT2D eigenvalue weighted by Gasteiger charge is -2.28. The molecule has 0 radical (unpaired) electrons. The number of hydrogen-bond donors (Lipinski definition) is 2. The number of halogens is 2. The second-order valence-corrected chi connectivity index (χ2v) is 6.43. The summed E-state index contributed by atoms with van der Waals surface area (Å²) in [5, 5.41) is 8.34. The molecule has 0 spiro atoms. The van der Waals surface area contributed by atoms with Gasteiger partial charge < -0.3 is 10.6 Å². The Morgan fingerprint density at radius 3 is 2.58 bits per heavy atom. The number of benzene rings is 1. The molecule has 0 aromatic heterocycles. The van der Waals surface area contributed by atoms with E-state index < -0.39 is 0 Å². The van der Waals surface area contributed by atoms with Gasteiger partial charge in [0.25, 0.3) is 0 Å². The van der Waals surface area contributed by atoms with E-state index in [1.807, 2.05) is 0 Å². The van der Waals surface area contributed by atoms with Gasteiger partial charge in [0.05, 0.1) is 10.7 Å². The second kappa shape index (κ2) is 6.78. The van der Waals surface area contributed by atoms with Crippen molar-refractivity contribution < 1.29 is 0 Å². The molecule has 0 saturated heterocycles. The molecule has 1 fully saturated rings. The van der Waals surface area contributed by atoms with E-state index >= 15 is 0 Å². The van der Waals surface area contributed by atoms with Crippen molar-refractivity contribution in [2.45, 2.75) is 38.6 Å². The van der Waals surface area contributed by atoms with Gasteiger partial charge in [-0.15, -0.1) is 0 Å². The van der Waals surface area contributed by atoms with Gasteiger partial charge in [0, 0.05) is 11.1 Å². The first-order chi connectivity index (χ1) is 9.04. The van der Waals surface area contributed by atoms with Crippen LogP contribution in [0.25, 0.3) is 0 Å². The Bertz CT molecular complexity index is 457. The molecule has 0 unspecified atom stereocenters. The van der Waals surface area contributed by atoms with Gasteiger partial charge in [-0.25, -0.2) is 0 Å². The molecule has 1 aliphatic rings. The highest BCUT2D eigenvalue weighted by Crippen LogP contribution is 2.26. The Kier molecular flexibility index (Phi) is 5.31. The summed E-state index contributed by atoms with van der Waals surface area (Å²) in [5.74, 6) is 0.835. The summed E-state index contributed by atoms with van der Waals surface area (Å²) in [7, 11) is 0. The minimum Gasteiger partial charge on any atom is -0.360 e. The van der Waals surface area contributed by atoms with Gasteiger partial charge in [-0.2, -0.15) is 0 Å². The van der Waals surface area contributed by atoms with Crippen molar-refractivity contribution in [3.8, 4) is 0 Å². The lowest BCUT2D eigenvalue weighted by molar-refractivity contribution is 0.332. The molecule has 0 aliphatic heterocycles. The van der Waals surface area contributed by atoms with Crippen molar-refractivity contribution >= 4 is 46.2 Å². The molecular formula is C14H18Cl2N2S. The van der Waals surface area contributed by atoms with E-state index in [1.165, 1.54) is 25.7 Å². The van der Waals surface area contributed by atoms with Crippen molar-refractivity contribution in [3.63, 3.8) is 0 Å². The SMILES string of the molecule is CC1CCC(NC(=S)Nc2cc(Cl)ccc2Cl)CC1. The lowest BCUT2D eigenvalue weighted by Crippen LogP contribution is -2.39. The first kappa shape index (κ1) is 14.9. The molecule has 2 rings (SSSR count). The van der Waals surface area contributed by atoms with Crippen LogP contribution in [0, 0.1) is 5.92 Å². The van der Waals surface area contributed by atoms with E-state index in [0.29, 0.717) is 21.2 Å². The van der Waals surface area contributed by atoms with E-state index in [-0.39, 0.29) is 0 Å². The lowest BCUT2D eigenvalue weighted by atomic mass is 9.87. The molecule has 1 aromatic rings. The zero-order valence-electron chi connectivity index (χ0n) is 10.9. The average molecular weight is 317 g/mol. The molecule has 2 nitrogen and oxygen atoms in total. The normalized spacial score (nSPS) is 22.9. The summed E-state index contributed by atoms with van der Waals surface area (Å²) in [4.78, 5) is 0. The summed E-state index contributed by atoms with van der Waals surface area (Å²) >= 11 is 17.4. The van der Waals surface area contributed by atoms with Crippen LogP contribution in [0.1, 0.15) is 32.6 Å². The van der Waals surface area contributed by atoms with Gasteiger partial charge in [0.2, 0.25) is 0 Å². The summed E-state index contributed by atoms with van der Waals surface area (Å²) in [5.41, 5.74) is 0.746. The first-order valence-corrected chi connectivity index (χ1v) is 7.73. The zero-order chi connectivity index (χ0) is 13.8. The Labute approximate surface area is 129 Å². The molecule has 1 saturated carbocycles. The summed E-state index contributed by atoms with van der Waals surface area (Å²) in [6, 6.07) is 5.76. The van der Waals surface area contributed by atoms with E-state index in [0.717, 1.165) is 11.6 Å². The largest absolute Gasteiger partial charge is 0.360 e. The van der Waals surface area contributed by atoms with E-state index in [4.69, 9.17) is 35.4 Å². The number of hydrogen-bond acceptors (Lipinski definition) is 1. The fourth-order valence-electron chi connectivity index (χ4n) is 2.34. The minimum absolute atomic E-state index is 0.467. The van der Waals surface area contributed by atoms with Gasteiger partial charge in [-0.1, -0.05) is 30.1 Å². The van der Waals surface area contributed by atoms with Crippen LogP contribution < -0.4 is 10.6 Å². The Morgan fingerprint density at radius 2 is 1.89 bits per heavy atom. The maximum Gasteiger partial charge on any atom is 0.171 e. The third-order valence-electron chi connectivity index (χ3n) is 3.53. The van der Waals surface area contributed by atoms with Crippen LogP contribution in [-0.2, 0) is 0 Å².